The van der Waals surface area contributed by atoms with Crippen molar-refractivity contribution >= 4 is 40.1 Å². The third-order valence-electron chi connectivity index (χ3n) is 10.6. The van der Waals surface area contributed by atoms with Crippen LogP contribution in [-0.4, -0.2) is 68.6 Å². The quantitative estimate of drug-likeness (QED) is 0.115. The number of anilines is 1. The van der Waals surface area contributed by atoms with Crippen LogP contribution in [0, 0.1) is 11.8 Å². The van der Waals surface area contributed by atoms with E-state index in [2.05, 4.69) is 26.3 Å². The topological polar surface area (TPSA) is 208 Å². The number of oxazole rings is 1. The Morgan fingerprint density at radius 2 is 1.81 bits per heavy atom. The van der Waals surface area contributed by atoms with Gasteiger partial charge in [0.15, 0.2) is 23.5 Å². The Labute approximate surface area is 309 Å². The lowest BCUT2D eigenvalue weighted by Gasteiger charge is -2.29. The number of aliphatic hydroxyl groups excluding tert-OH is 1. The standard InChI is InChI=1S/C40H40N6O8/c1-18(2)30-38-46-32(36(51)42-17-28(48)22-16-41-31-21(22)8-7-11-27(31)47)34(54-38)40-23-9-5-6-10-25(23)44-39(40)53-29-13-12-20(14-24(29)40)15-26(35(50)45-30)43-37(52)33(49)19(3)4/h5-14,16,18-19,26,30,33,39,41,44,47,49H,15,17H2,1-4H3,(H,42,51)(H,43,52)(H,45,50)/t26?,30-,33-,39?,40?/m0/s1. The Bertz CT molecular complexity index is 2350. The number of aliphatic hydroxyl groups is 1. The molecule has 3 aliphatic heterocycles. The number of Topliss-reactive ketones (excluding diaryl/α,β-unsaturated/α-hetero) is 1. The minimum atomic E-state index is -1.33. The molecule has 5 heterocycles. The van der Waals surface area contributed by atoms with Crippen molar-refractivity contribution in [1.82, 2.24) is 25.9 Å². The van der Waals surface area contributed by atoms with Gasteiger partial charge in [-0.25, -0.2) is 4.98 Å². The lowest BCUT2D eigenvalue weighted by atomic mass is 9.72. The summed E-state index contributed by atoms with van der Waals surface area (Å²) in [5, 5.41) is 33.2. The number of H-pyrrole nitrogens is 1. The van der Waals surface area contributed by atoms with Gasteiger partial charge in [0.1, 0.15) is 35.1 Å². The fourth-order valence-corrected chi connectivity index (χ4v) is 7.73. The summed E-state index contributed by atoms with van der Waals surface area (Å²) < 4.78 is 13.3. The van der Waals surface area contributed by atoms with E-state index >= 15 is 0 Å². The monoisotopic (exact) mass is 732 g/mol. The number of ketones is 1. The van der Waals surface area contributed by atoms with E-state index in [0.29, 0.717) is 33.3 Å². The molecule has 54 heavy (non-hydrogen) atoms. The molecule has 3 unspecified atom stereocenters. The number of fused-ring (bicyclic) bond motifs is 5. The highest BCUT2D eigenvalue weighted by Gasteiger charge is 2.61. The van der Waals surface area contributed by atoms with E-state index in [9.17, 15) is 29.4 Å². The normalized spacial score (nSPS) is 21.6. The molecule has 1 spiro atoms. The number of benzene rings is 3. The number of hydrogen-bond donors (Lipinski definition) is 7. The number of carbonyl (C=O) groups excluding carboxylic acids is 4. The summed E-state index contributed by atoms with van der Waals surface area (Å²) in [7, 11) is 0. The third-order valence-corrected chi connectivity index (χ3v) is 10.6. The molecule has 3 aromatic carbocycles. The van der Waals surface area contributed by atoms with Gasteiger partial charge in [0.25, 0.3) is 5.91 Å². The number of nitrogens with one attached hydrogen (secondary N) is 5. The first kappa shape index (κ1) is 34.9. The van der Waals surface area contributed by atoms with Crippen molar-refractivity contribution in [3.8, 4) is 11.5 Å². The van der Waals surface area contributed by atoms with Crippen LogP contribution in [0.2, 0.25) is 0 Å². The van der Waals surface area contributed by atoms with E-state index < -0.39 is 53.3 Å². The van der Waals surface area contributed by atoms with Crippen LogP contribution in [0.4, 0.5) is 5.69 Å². The van der Waals surface area contributed by atoms with Gasteiger partial charge >= 0.3 is 0 Å². The second kappa shape index (κ2) is 13.1. The molecule has 7 N–H and O–H groups in total. The molecule has 0 saturated heterocycles. The van der Waals surface area contributed by atoms with Crippen LogP contribution < -0.4 is 26.0 Å². The SMILES string of the molecule is CC(C)[C@H](O)C(=O)NC1Cc2ccc3c(c2)C2(c4ccccc4NC2O3)c2oc(nc2C(=O)NCC(=O)c2c[nH]c3c(O)cccc23)[C@H](C(C)C)NC1=O. The van der Waals surface area contributed by atoms with Crippen LogP contribution in [0.3, 0.4) is 0 Å². The number of phenols is 1. The molecule has 5 aromatic rings. The van der Waals surface area contributed by atoms with Crippen molar-refractivity contribution in [1.29, 1.82) is 0 Å². The summed E-state index contributed by atoms with van der Waals surface area (Å²) >= 11 is 0. The molecule has 14 nitrogen and oxygen atoms in total. The van der Waals surface area contributed by atoms with E-state index in [1.54, 1.807) is 32.0 Å². The highest BCUT2D eigenvalue weighted by Crippen LogP contribution is 2.58. The molecular weight excluding hydrogens is 692 g/mol. The van der Waals surface area contributed by atoms with Crippen molar-refractivity contribution in [2.24, 2.45) is 11.8 Å². The molecule has 3 amide bonds. The minimum Gasteiger partial charge on any atom is -0.506 e. The van der Waals surface area contributed by atoms with Crippen molar-refractivity contribution < 1.29 is 38.5 Å². The molecule has 14 heteroatoms. The van der Waals surface area contributed by atoms with Crippen molar-refractivity contribution in [2.75, 3.05) is 11.9 Å². The van der Waals surface area contributed by atoms with Gasteiger partial charge < -0.3 is 45.6 Å². The first-order valence-electron chi connectivity index (χ1n) is 17.9. The summed E-state index contributed by atoms with van der Waals surface area (Å²) in [4.78, 5) is 62.7. The largest absolute Gasteiger partial charge is 0.506 e. The Morgan fingerprint density at radius 1 is 1.02 bits per heavy atom. The van der Waals surface area contributed by atoms with Gasteiger partial charge in [0.2, 0.25) is 17.7 Å². The minimum absolute atomic E-state index is 0.00514. The van der Waals surface area contributed by atoms with Crippen molar-refractivity contribution in [3.05, 3.63) is 106 Å². The van der Waals surface area contributed by atoms with E-state index in [1.165, 1.54) is 12.3 Å². The van der Waals surface area contributed by atoms with Crippen molar-refractivity contribution in [3.63, 3.8) is 0 Å². The molecule has 5 atom stereocenters. The Balaban J connectivity index is 1.25. The number of aromatic nitrogens is 2. The van der Waals surface area contributed by atoms with Gasteiger partial charge in [-0.1, -0.05) is 70.2 Å². The Kier molecular flexibility index (Phi) is 8.44. The van der Waals surface area contributed by atoms with Crippen LogP contribution in [-0.2, 0) is 21.4 Å². The summed E-state index contributed by atoms with van der Waals surface area (Å²) in [6.45, 7) is 6.75. The fourth-order valence-electron chi connectivity index (χ4n) is 7.73. The van der Waals surface area contributed by atoms with Gasteiger partial charge in [-0.05, 0) is 41.2 Å². The summed E-state index contributed by atoms with van der Waals surface area (Å²) in [6.07, 6.45) is -0.516. The van der Waals surface area contributed by atoms with Gasteiger partial charge in [-0.15, -0.1) is 0 Å². The number of rotatable bonds is 8. The molecule has 278 valence electrons. The molecule has 8 rings (SSSR count). The zero-order valence-corrected chi connectivity index (χ0v) is 30.0. The molecule has 0 saturated carbocycles. The highest BCUT2D eigenvalue weighted by molar-refractivity contribution is 6.11. The lowest BCUT2D eigenvalue weighted by Crippen LogP contribution is -2.52. The number of amides is 3. The van der Waals surface area contributed by atoms with Gasteiger partial charge in [0.05, 0.1) is 12.1 Å². The maximum absolute atomic E-state index is 14.4. The number of ether oxygens (including phenoxy) is 1. The predicted molar refractivity (Wildman–Crippen MR) is 196 cm³/mol. The van der Waals surface area contributed by atoms with Crippen LogP contribution in [0.15, 0.2) is 71.3 Å². The molecule has 0 radical (unpaired) electrons. The predicted octanol–water partition coefficient (Wildman–Crippen LogP) is 3.82. The maximum atomic E-state index is 14.4. The van der Waals surface area contributed by atoms with Gasteiger partial charge in [0, 0.05) is 34.8 Å². The lowest BCUT2D eigenvalue weighted by molar-refractivity contribution is -0.135. The maximum Gasteiger partial charge on any atom is 0.273 e. The molecule has 2 aromatic heterocycles. The van der Waals surface area contributed by atoms with Gasteiger partial charge in [-0.2, -0.15) is 0 Å². The third kappa shape index (κ3) is 5.47. The fraction of sp³-hybridized carbons (Fsp3) is 0.325. The molecule has 0 aliphatic carbocycles. The Hall–Kier alpha value is -6.15. The molecular formula is C40H40N6O8. The first-order chi connectivity index (χ1) is 25.9. The smallest absolute Gasteiger partial charge is 0.273 e. The second-order valence-corrected chi connectivity index (χ2v) is 14.7. The number of carbonyl (C=O) groups is 4. The van der Waals surface area contributed by atoms with E-state index in [1.807, 2.05) is 50.2 Å². The average molecular weight is 733 g/mol. The number of para-hydroxylation sites is 2. The van der Waals surface area contributed by atoms with Crippen molar-refractivity contribution in [2.45, 2.75) is 63.9 Å². The zero-order valence-electron chi connectivity index (χ0n) is 30.0. The Morgan fingerprint density at radius 3 is 2.59 bits per heavy atom. The number of hydrogen-bond acceptors (Lipinski definition) is 10. The van der Waals surface area contributed by atoms with Crippen LogP contribution in [0.5, 0.6) is 11.5 Å². The van der Waals surface area contributed by atoms with E-state index in [-0.39, 0.29) is 47.9 Å². The number of phenolic OH excluding ortho intramolecular Hbond substituents is 1. The van der Waals surface area contributed by atoms with E-state index in [4.69, 9.17) is 14.1 Å². The first-order valence-corrected chi connectivity index (χ1v) is 17.9. The van der Waals surface area contributed by atoms with Crippen LogP contribution in [0.25, 0.3) is 10.9 Å². The van der Waals surface area contributed by atoms with E-state index in [0.717, 1.165) is 11.3 Å². The van der Waals surface area contributed by atoms with Crippen LogP contribution >= 0.6 is 0 Å². The number of nitrogens with zero attached hydrogens (tertiary/aromatic N) is 1. The average Bonchev–Trinajstić information content (AvgIpc) is 3.92. The van der Waals surface area contributed by atoms with Crippen LogP contribution in [0.1, 0.15) is 82.9 Å². The second-order valence-electron chi connectivity index (χ2n) is 14.7. The van der Waals surface area contributed by atoms with Gasteiger partial charge in [-0.3, -0.25) is 19.2 Å². The molecule has 3 aliphatic rings. The summed E-state index contributed by atoms with van der Waals surface area (Å²) in [6, 6.07) is 16.0. The number of aromatic hydroxyl groups is 1. The molecule has 0 fully saturated rings. The molecule has 4 bridgehead atoms. The number of aromatic amines is 1. The zero-order chi connectivity index (χ0) is 38.1. The summed E-state index contributed by atoms with van der Waals surface area (Å²) in [5.74, 6) is -2.24. The summed E-state index contributed by atoms with van der Waals surface area (Å²) in [5.41, 5.74) is 2.23. The highest BCUT2D eigenvalue weighted by atomic mass is 16.5.